The Bertz CT molecular complexity index is 700. The summed E-state index contributed by atoms with van der Waals surface area (Å²) in [6.45, 7) is 7.94. The number of carbonyl (C=O) groups excluding carboxylic acids is 1. The van der Waals surface area contributed by atoms with Crippen LogP contribution in [0.2, 0.25) is 0 Å². The fourth-order valence-electron chi connectivity index (χ4n) is 2.35. The molecule has 0 saturated heterocycles. The van der Waals surface area contributed by atoms with Crippen molar-refractivity contribution >= 4 is 5.97 Å². The Morgan fingerprint density at radius 2 is 2.09 bits per heavy atom. The quantitative estimate of drug-likeness (QED) is 0.774. The zero-order chi connectivity index (χ0) is 16.6. The van der Waals surface area contributed by atoms with Gasteiger partial charge in [0.2, 0.25) is 11.8 Å². The predicted molar refractivity (Wildman–Crippen MR) is 79.5 cm³/mol. The molecule has 8 heteroatoms. The lowest BCUT2D eigenvalue weighted by atomic mass is 10.2. The molecule has 1 saturated carbocycles. The van der Waals surface area contributed by atoms with E-state index in [9.17, 15) is 4.79 Å². The second kappa shape index (κ2) is 5.75. The molecule has 2 atom stereocenters. The maximum atomic E-state index is 12.0. The van der Waals surface area contributed by atoms with Gasteiger partial charge in [0, 0.05) is 18.5 Å². The van der Waals surface area contributed by atoms with E-state index < -0.39 is 5.60 Å². The van der Waals surface area contributed by atoms with Crippen molar-refractivity contribution in [2.75, 3.05) is 0 Å². The summed E-state index contributed by atoms with van der Waals surface area (Å²) in [5, 5.41) is 16.1. The third-order valence-electron chi connectivity index (χ3n) is 3.54. The Morgan fingerprint density at radius 3 is 2.74 bits per heavy atom. The molecule has 124 valence electrons. The van der Waals surface area contributed by atoms with E-state index in [1.54, 1.807) is 4.68 Å². The first-order valence-corrected chi connectivity index (χ1v) is 7.80. The maximum absolute atomic E-state index is 12.0. The van der Waals surface area contributed by atoms with Gasteiger partial charge in [-0.25, -0.2) is 4.68 Å². The second-order valence-electron chi connectivity index (χ2n) is 6.77. The van der Waals surface area contributed by atoms with Crippen molar-refractivity contribution < 1.29 is 13.9 Å². The Labute approximate surface area is 134 Å². The standard InChI is InChI=1S/C15H21N5O3/c1-5-12-17-18-13(22-12)8-20-7-11(16-19-20)9-6-10(9)14(21)23-15(2,3)4/h7,9-10H,5-6,8H2,1-4H3/t9-,10+/m1/s1. The van der Waals surface area contributed by atoms with Gasteiger partial charge in [-0.15, -0.1) is 15.3 Å². The topological polar surface area (TPSA) is 95.9 Å². The van der Waals surface area contributed by atoms with Gasteiger partial charge < -0.3 is 9.15 Å². The van der Waals surface area contributed by atoms with Crippen LogP contribution in [0.3, 0.4) is 0 Å². The monoisotopic (exact) mass is 319 g/mol. The van der Waals surface area contributed by atoms with Crippen LogP contribution in [-0.2, 0) is 22.5 Å². The van der Waals surface area contributed by atoms with Crippen LogP contribution >= 0.6 is 0 Å². The first-order valence-electron chi connectivity index (χ1n) is 7.80. The van der Waals surface area contributed by atoms with Gasteiger partial charge in [0.05, 0.1) is 11.6 Å². The number of carbonyl (C=O) groups is 1. The number of hydrogen-bond acceptors (Lipinski definition) is 7. The molecule has 0 spiro atoms. The summed E-state index contributed by atoms with van der Waals surface area (Å²) < 4.78 is 12.5. The largest absolute Gasteiger partial charge is 0.460 e. The summed E-state index contributed by atoms with van der Waals surface area (Å²) in [5.74, 6) is 0.911. The Hall–Kier alpha value is -2.25. The molecule has 1 fully saturated rings. The van der Waals surface area contributed by atoms with E-state index in [-0.39, 0.29) is 17.8 Å². The molecule has 3 rings (SSSR count). The molecule has 1 aliphatic carbocycles. The average Bonchev–Trinajstić information content (AvgIpc) is 2.91. The fourth-order valence-corrected chi connectivity index (χ4v) is 2.35. The van der Waals surface area contributed by atoms with Crippen LogP contribution in [0.1, 0.15) is 57.5 Å². The first-order chi connectivity index (χ1) is 10.9. The average molecular weight is 319 g/mol. The van der Waals surface area contributed by atoms with Crippen LogP contribution in [0.5, 0.6) is 0 Å². The summed E-state index contributed by atoms with van der Waals surface area (Å²) in [6, 6.07) is 0. The highest BCUT2D eigenvalue weighted by molar-refractivity contribution is 5.77. The van der Waals surface area contributed by atoms with Crippen LogP contribution in [0.15, 0.2) is 10.6 Å². The lowest BCUT2D eigenvalue weighted by Crippen LogP contribution is -2.25. The molecule has 0 bridgehead atoms. The molecular weight excluding hydrogens is 298 g/mol. The van der Waals surface area contributed by atoms with Gasteiger partial charge in [0.25, 0.3) is 0 Å². The van der Waals surface area contributed by atoms with Gasteiger partial charge in [-0.2, -0.15) is 0 Å². The molecule has 0 radical (unpaired) electrons. The van der Waals surface area contributed by atoms with Gasteiger partial charge in [-0.1, -0.05) is 12.1 Å². The molecule has 0 aromatic carbocycles. The van der Waals surface area contributed by atoms with Crippen LogP contribution in [0.25, 0.3) is 0 Å². The minimum atomic E-state index is -0.462. The lowest BCUT2D eigenvalue weighted by molar-refractivity contribution is -0.156. The smallest absolute Gasteiger partial charge is 0.310 e. The summed E-state index contributed by atoms with van der Waals surface area (Å²) in [7, 11) is 0. The van der Waals surface area contributed by atoms with Gasteiger partial charge >= 0.3 is 5.97 Å². The van der Waals surface area contributed by atoms with Crippen molar-refractivity contribution in [3.8, 4) is 0 Å². The molecule has 0 unspecified atom stereocenters. The van der Waals surface area contributed by atoms with E-state index >= 15 is 0 Å². The molecule has 0 N–H and O–H groups in total. The molecule has 23 heavy (non-hydrogen) atoms. The van der Waals surface area contributed by atoms with Crippen molar-refractivity contribution in [1.29, 1.82) is 0 Å². The van der Waals surface area contributed by atoms with E-state index in [1.165, 1.54) is 0 Å². The van der Waals surface area contributed by atoms with E-state index in [0.717, 1.165) is 12.1 Å². The number of rotatable bonds is 5. The van der Waals surface area contributed by atoms with Crippen LogP contribution in [0.4, 0.5) is 0 Å². The van der Waals surface area contributed by atoms with Gasteiger partial charge in [0.15, 0.2) is 0 Å². The van der Waals surface area contributed by atoms with Crippen LogP contribution in [0, 0.1) is 5.92 Å². The minimum absolute atomic E-state index is 0.0903. The first kappa shape index (κ1) is 15.6. The number of aryl methyl sites for hydroxylation is 1. The van der Waals surface area contributed by atoms with E-state index in [0.29, 0.717) is 24.7 Å². The van der Waals surface area contributed by atoms with Gasteiger partial charge in [-0.05, 0) is 27.2 Å². The molecule has 0 aliphatic heterocycles. The highest BCUT2D eigenvalue weighted by Gasteiger charge is 2.47. The van der Waals surface area contributed by atoms with Gasteiger partial charge in [0.1, 0.15) is 12.1 Å². The molecule has 8 nitrogen and oxygen atoms in total. The van der Waals surface area contributed by atoms with Crippen molar-refractivity contribution in [3.05, 3.63) is 23.7 Å². The number of nitrogens with zero attached hydrogens (tertiary/aromatic N) is 5. The second-order valence-corrected chi connectivity index (χ2v) is 6.77. The highest BCUT2D eigenvalue weighted by atomic mass is 16.6. The molecule has 2 aromatic rings. The van der Waals surface area contributed by atoms with E-state index in [4.69, 9.17) is 9.15 Å². The van der Waals surface area contributed by atoms with Crippen molar-refractivity contribution in [2.24, 2.45) is 5.92 Å². The molecule has 0 amide bonds. The summed E-state index contributed by atoms with van der Waals surface area (Å²) in [4.78, 5) is 12.0. The SMILES string of the molecule is CCc1nnc(Cn2cc([C@@H]3C[C@@H]3C(=O)OC(C)(C)C)nn2)o1. The third-order valence-corrected chi connectivity index (χ3v) is 3.54. The van der Waals surface area contributed by atoms with E-state index in [2.05, 4.69) is 20.5 Å². The molecule has 2 aromatic heterocycles. The van der Waals surface area contributed by atoms with Crippen molar-refractivity contribution in [1.82, 2.24) is 25.2 Å². The summed E-state index contributed by atoms with van der Waals surface area (Å²) in [6.07, 6.45) is 3.29. The Kier molecular flexibility index (Phi) is 3.91. The lowest BCUT2D eigenvalue weighted by Gasteiger charge is -2.19. The minimum Gasteiger partial charge on any atom is -0.460 e. The number of aromatic nitrogens is 5. The Balaban J connectivity index is 1.59. The summed E-state index contributed by atoms with van der Waals surface area (Å²) >= 11 is 0. The molecular formula is C15H21N5O3. The zero-order valence-corrected chi connectivity index (χ0v) is 13.8. The third kappa shape index (κ3) is 3.75. The van der Waals surface area contributed by atoms with Crippen LogP contribution in [-0.4, -0.2) is 36.8 Å². The van der Waals surface area contributed by atoms with Crippen molar-refractivity contribution in [2.45, 2.75) is 58.6 Å². The highest BCUT2D eigenvalue weighted by Crippen LogP contribution is 2.47. The maximum Gasteiger partial charge on any atom is 0.310 e. The van der Waals surface area contributed by atoms with E-state index in [1.807, 2.05) is 33.9 Å². The summed E-state index contributed by atoms with van der Waals surface area (Å²) in [5.41, 5.74) is 0.340. The molecule has 1 aliphatic rings. The van der Waals surface area contributed by atoms with Crippen LogP contribution < -0.4 is 0 Å². The number of ether oxygens (including phenoxy) is 1. The normalized spacial score (nSPS) is 20.5. The number of hydrogen-bond donors (Lipinski definition) is 0. The zero-order valence-electron chi connectivity index (χ0n) is 13.8. The predicted octanol–water partition coefficient (Wildman–Crippen LogP) is 1.72. The van der Waals surface area contributed by atoms with Crippen molar-refractivity contribution in [3.63, 3.8) is 0 Å². The fraction of sp³-hybridized carbons (Fsp3) is 0.667. The Morgan fingerprint density at radius 1 is 1.35 bits per heavy atom. The number of esters is 1. The molecule has 2 heterocycles. The van der Waals surface area contributed by atoms with Gasteiger partial charge in [-0.3, -0.25) is 4.79 Å².